The van der Waals surface area contributed by atoms with Gasteiger partial charge in [-0.1, -0.05) is 12.1 Å². The van der Waals surface area contributed by atoms with E-state index >= 15 is 0 Å². The molecule has 0 heterocycles. The van der Waals surface area contributed by atoms with Crippen LogP contribution in [-0.4, -0.2) is 45.3 Å². The summed E-state index contributed by atoms with van der Waals surface area (Å²) in [5, 5.41) is 6.22. The maximum atomic E-state index is 12.4. The van der Waals surface area contributed by atoms with E-state index in [9.17, 15) is 14.4 Å². The number of hydrazone groups is 1. The molecule has 3 aromatic carbocycles. The third-order valence-electron chi connectivity index (χ3n) is 4.66. The van der Waals surface area contributed by atoms with Crippen molar-refractivity contribution in [2.75, 3.05) is 26.6 Å². The van der Waals surface area contributed by atoms with E-state index in [1.54, 1.807) is 66.7 Å². The summed E-state index contributed by atoms with van der Waals surface area (Å²) < 4.78 is 20.8. The van der Waals surface area contributed by atoms with Crippen molar-refractivity contribution in [1.29, 1.82) is 0 Å². The Bertz CT molecular complexity index is 1240. The summed E-state index contributed by atoms with van der Waals surface area (Å²) in [4.78, 5) is 36.6. The molecule has 0 aliphatic rings. The average Bonchev–Trinajstić information content (AvgIpc) is 2.89. The summed E-state index contributed by atoms with van der Waals surface area (Å²) >= 11 is 0. The zero-order valence-electron chi connectivity index (χ0n) is 19.2. The third-order valence-corrected chi connectivity index (χ3v) is 4.66. The molecule has 0 aliphatic carbocycles. The maximum Gasteiger partial charge on any atom is 0.347 e. The number of methoxy groups -OCH3 is 3. The number of ether oxygens (including phenoxy) is 4. The molecule has 0 bridgehead atoms. The number of para-hydroxylation sites is 1. The van der Waals surface area contributed by atoms with Gasteiger partial charge in [0.05, 0.1) is 33.2 Å². The Balaban J connectivity index is 1.54. The molecule has 0 radical (unpaired) electrons. The highest BCUT2D eigenvalue weighted by Crippen LogP contribution is 2.29. The standard InChI is InChI=1S/C25H23N3O7/c1-32-18-12-13-20(22(14-18)34-3)27-23(29)24(30)28-26-15-16-8-10-17(11-9-16)35-25(31)19-6-4-5-7-21(19)33-2/h4-15H,1-3H3,(H,27,29)(H,28,30). The smallest absolute Gasteiger partial charge is 0.347 e. The first-order valence-corrected chi connectivity index (χ1v) is 10.3. The van der Waals surface area contributed by atoms with E-state index in [0.29, 0.717) is 39.8 Å². The van der Waals surface area contributed by atoms with Crippen LogP contribution in [0.4, 0.5) is 5.69 Å². The average molecular weight is 477 g/mol. The lowest BCUT2D eigenvalue weighted by Gasteiger charge is -2.10. The van der Waals surface area contributed by atoms with Crippen molar-refractivity contribution in [2.45, 2.75) is 0 Å². The predicted octanol–water partition coefficient (Wildman–Crippen LogP) is 3.02. The molecule has 0 unspecified atom stereocenters. The first-order valence-electron chi connectivity index (χ1n) is 10.3. The van der Waals surface area contributed by atoms with Crippen LogP contribution in [0.15, 0.2) is 71.8 Å². The second-order valence-electron chi connectivity index (χ2n) is 6.88. The fraction of sp³-hybridized carbons (Fsp3) is 0.120. The molecule has 0 atom stereocenters. The fourth-order valence-corrected chi connectivity index (χ4v) is 2.89. The molecule has 0 aromatic heterocycles. The van der Waals surface area contributed by atoms with Gasteiger partial charge < -0.3 is 24.3 Å². The Morgan fingerprint density at radius 2 is 1.46 bits per heavy atom. The Hall–Kier alpha value is -4.86. The lowest BCUT2D eigenvalue weighted by molar-refractivity contribution is -0.136. The minimum Gasteiger partial charge on any atom is -0.497 e. The Labute approximate surface area is 201 Å². The van der Waals surface area contributed by atoms with Crippen molar-refractivity contribution >= 4 is 29.7 Å². The topological polar surface area (TPSA) is 125 Å². The molecule has 35 heavy (non-hydrogen) atoms. The molecule has 0 saturated heterocycles. The first kappa shape index (κ1) is 24.8. The quantitative estimate of drug-likeness (QED) is 0.168. The molecule has 0 aliphatic heterocycles. The minimum absolute atomic E-state index is 0.300. The Morgan fingerprint density at radius 1 is 0.771 bits per heavy atom. The Morgan fingerprint density at radius 3 is 2.14 bits per heavy atom. The SMILES string of the molecule is COc1ccc(NC(=O)C(=O)NN=Cc2ccc(OC(=O)c3ccccc3OC)cc2)c(OC)c1. The Kier molecular flexibility index (Phi) is 8.38. The van der Waals surface area contributed by atoms with Gasteiger partial charge in [-0.3, -0.25) is 9.59 Å². The van der Waals surface area contributed by atoms with Gasteiger partial charge in [-0.05, 0) is 54.1 Å². The highest BCUT2D eigenvalue weighted by atomic mass is 16.5. The number of carbonyl (C=O) groups excluding carboxylic acids is 3. The molecule has 0 saturated carbocycles. The molecule has 2 N–H and O–H groups in total. The van der Waals surface area contributed by atoms with Crippen LogP contribution < -0.4 is 29.7 Å². The van der Waals surface area contributed by atoms with E-state index in [0.717, 1.165) is 0 Å². The van der Waals surface area contributed by atoms with Crippen LogP contribution in [0.2, 0.25) is 0 Å². The minimum atomic E-state index is -0.971. The highest BCUT2D eigenvalue weighted by molar-refractivity contribution is 6.39. The van der Waals surface area contributed by atoms with E-state index in [2.05, 4.69) is 15.8 Å². The second kappa shape index (κ2) is 11.8. The molecule has 0 spiro atoms. The highest BCUT2D eigenvalue weighted by Gasteiger charge is 2.16. The fourth-order valence-electron chi connectivity index (χ4n) is 2.89. The van der Waals surface area contributed by atoms with Gasteiger partial charge in [-0.2, -0.15) is 5.10 Å². The number of benzene rings is 3. The lowest BCUT2D eigenvalue weighted by Crippen LogP contribution is -2.32. The van der Waals surface area contributed by atoms with Gasteiger partial charge in [0, 0.05) is 6.07 Å². The van der Waals surface area contributed by atoms with Crippen LogP contribution in [0, 0.1) is 0 Å². The number of nitrogens with one attached hydrogen (secondary N) is 2. The van der Waals surface area contributed by atoms with Crippen molar-refractivity contribution < 1.29 is 33.3 Å². The van der Waals surface area contributed by atoms with Gasteiger partial charge in [0.2, 0.25) is 0 Å². The first-order chi connectivity index (χ1) is 16.9. The summed E-state index contributed by atoms with van der Waals surface area (Å²) in [5.41, 5.74) is 3.34. The van der Waals surface area contributed by atoms with Crippen LogP contribution in [0.1, 0.15) is 15.9 Å². The van der Waals surface area contributed by atoms with Crippen LogP contribution in [0.25, 0.3) is 0 Å². The summed E-state index contributed by atoms with van der Waals surface area (Å²) in [6.45, 7) is 0. The molecular weight excluding hydrogens is 454 g/mol. The number of rotatable bonds is 8. The lowest BCUT2D eigenvalue weighted by atomic mass is 10.2. The zero-order valence-corrected chi connectivity index (χ0v) is 19.2. The van der Waals surface area contributed by atoms with Crippen molar-refractivity contribution in [3.05, 3.63) is 77.9 Å². The maximum absolute atomic E-state index is 12.4. The second-order valence-corrected chi connectivity index (χ2v) is 6.88. The molecule has 180 valence electrons. The van der Waals surface area contributed by atoms with Crippen LogP contribution in [0.3, 0.4) is 0 Å². The van der Waals surface area contributed by atoms with E-state index in [1.165, 1.54) is 27.5 Å². The largest absolute Gasteiger partial charge is 0.497 e. The number of anilines is 1. The van der Waals surface area contributed by atoms with Gasteiger partial charge in [0.25, 0.3) is 0 Å². The normalized spacial score (nSPS) is 10.4. The van der Waals surface area contributed by atoms with Crippen molar-refractivity contribution in [2.24, 2.45) is 5.10 Å². The molecular formula is C25H23N3O7. The van der Waals surface area contributed by atoms with Crippen LogP contribution in [-0.2, 0) is 9.59 Å². The number of carbonyl (C=O) groups is 3. The van der Waals surface area contributed by atoms with Crippen LogP contribution >= 0.6 is 0 Å². The molecule has 10 nitrogen and oxygen atoms in total. The number of hydrogen-bond donors (Lipinski definition) is 2. The van der Waals surface area contributed by atoms with E-state index in [4.69, 9.17) is 18.9 Å². The summed E-state index contributed by atoms with van der Waals surface area (Å²) in [6, 6.07) is 17.9. The monoisotopic (exact) mass is 477 g/mol. The van der Waals surface area contributed by atoms with Gasteiger partial charge >= 0.3 is 17.8 Å². The van der Waals surface area contributed by atoms with Gasteiger partial charge in [-0.15, -0.1) is 0 Å². The van der Waals surface area contributed by atoms with Crippen molar-refractivity contribution in [1.82, 2.24) is 5.43 Å². The van der Waals surface area contributed by atoms with E-state index < -0.39 is 17.8 Å². The molecule has 2 amide bonds. The van der Waals surface area contributed by atoms with Crippen molar-refractivity contribution in [3.8, 4) is 23.0 Å². The van der Waals surface area contributed by atoms with E-state index in [-0.39, 0.29) is 0 Å². The molecule has 3 rings (SSSR count). The number of amides is 2. The predicted molar refractivity (Wildman–Crippen MR) is 128 cm³/mol. The van der Waals surface area contributed by atoms with Gasteiger partial charge in [0.15, 0.2) is 0 Å². The molecule has 10 heteroatoms. The molecule has 3 aromatic rings. The molecule has 0 fully saturated rings. The summed E-state index contributed by atoms with van der Waals surface area (Å²) in [7, 11) is 4.40. The third kappa shape index (κ3) is 6.57. The van der Waals surface area contributed by atoms with Crippen molar-refractivity contribution in [3.63, 3.8) is 0 Å². The van der Waals surface area contributed by atoms with Gasteiger partial charge in [0.1, 0.15) is 28.6 Å². The number of esters is 1. The van der Waals surface area contributed by atoms with Gasteiger partial charge in [-0.25, -0.2) is 10.2 Å². The number of hydrogen-bond acceptors (Lipinski definition) is 8. The summed E-state index contributed by atoms with van der Waals surface area (Å²) in [5.74, 6) is -0.863. The zero-order chi connectivity index (χ0) is 25.2. The number of nitrogens with zero attached hydrogens (tertiary/aromatic N) is 1. The van der Waals surface area contributed by atoms with E-state index in [1.807, 2.05) is 0 Å². The summed E-state index contributed by atoms with van der Waals surface area (Å²) in [6.07, 6.45) is 1.34. The van der Waals surface area contributed by atoms with Crippen LogP contribution in [0.5, 0.6) is 23.0 Å².